The van der Waals surface area contributed by atoms with Crippen LogP contribution in [0.15, 0.2) is 0 Å². The molecule has 3 nitrogen and oxygen atoms in total. The molecule has 0 aromatic carbocycles. The van der Waals surface area contributed by atoms with Crippen molar-refractivity contribution in [2.24, 2.45) is 0 Å². The molecule has 0 bridgehead atoms. The molecule has 0 unspecified atom stereocenters. The third kappa shape index (κ3) is 64.4. The van der Waals surface area contributed by atoms with Crippen LogP contribution < -0.4 is 0 Å². The minimum Gasteiger partial charge on any atom is -0.326 e. The summed E-state index contributed by atoms with van der Waals surface area (Å²) >= 11 is 0. The smallest absolute Gasteiger partial charge is 0.314 e. The zero-order valence-electron chi connectivity index (χ0n) is 2.84. The van der Waals surface area contributed by atoms with E-state index in [2.05, 4.69) is 0 Å². The second-order valence-corrected chi connectivity index (χ2v) is 0.848. The molecule has 0 amide bonds. The van der Waals surface area contributed by atoms with Gasteiger partial charge in [0.05, 0.1) is 17.4 Å². The molecule has 39 valence electrons. The molecule has 0 heterocycles. The third-order valence-corrected chi connectivity index (χ3v) is 0. The Bertz CT molecular complexity index is 33.8. The fourth-order valence-corrected chi connectivity index (χ4v) is 0. The molecule has 0 aliphatic rings. The Hall–Kier alpha value is 1.19. The molecule has 3 radical (unpaired) electrons. The maximum atomic E-state index is 8.74. The van der Waals surface area contributed by atoms with E-state index in [-0.39, 0.29) is 34.1 Å². The van der Waals surface area contributed by atoms with Crippen molar-refractivity contribution in [2.45, 2.75) is 0 Å². The number of rotatable bonds is 0. The van der Waals surface area contributed by atoms with Gasteiger partial charge >= 0.3 is 8.25 Å². The Morgan fingerprint density at radius 1 is 1.33 bits per heavy atom. The van der Waals surface area contributed by atoms with Crippen molar-refractivity contribution in [2.75, 3.05) is 0 Å². The molecule has 0 aliphatic heterocycles. The van der Waals surface area contributed by atoms with E-state index >= 15 is 0 Å². The molecule has 0 aromatic heterocycles. The van der Waals surface area contributed by atoms with Gasteiger partial charge in [0.2, 0.25) is 0 Å². The summed E-state index contributed by atoms with van der Waals surface area (Å²) in [5, 5.41) is 0. The summed E-state index contributed by atoms with van der Waals surface area (Å²) < 4.78 is 8.74. The Morgan fingerprint density at radius 2 is 1.33 bits per heavy atom. The van der Waals surface area contributed by atoms with Crippen molar-refractivity contribution >= 4 is 25.6 Å². The summed E-state index contributed by atoms with van der Waals surface area (Å²) in [6.07, 6.45) is 0. The predicted molar refractivity (Wildman–Crippen MR) is 20.6 cm³/mol. The van der Waals surface area contributed by atoms with E-state index in [4.69, 9.17) is 14.4 Å². The van der Waals surface area contributed by atoms with Crippen molar-refractivity contribution in [3.8, 4) is 0 Å². The first-order valence-electron chi connectivity index (χ1n) is 0.651. The standard InChI is InChI=1S/Al.Co.H3O3P.H/c;;1-4(2)3;/h;;4H,(H2,1,2,3);. The Labute approximate surface area is 57.0 Å². The Balaban J connectivity index is -0.0000000450. The fourth-order valence-electron chi connectivity index (χ4n) is 0. The summed E-state index contributed by atoms with van der Waals surface area (Å²) in [6.45, 7) is 0. The molecule has 0 rings (SSSR count). The molecule has 0 saturated carbocycles. The van der Waals surface area contributed by atoms with Gasteiger partial charge in [-0.3, -0.25) is 4.57 Å². The zero-order valence-corrected chi connectivity index (χ0v) is 6.30. The van der Waals surface area contributed by atoms with Crippen molar-refractivity contribution in [1.82, 2.24) is 0 Å². The molecule has 0 aromatic rings. The maximum Gasteiger partial charge on any atom is 0.314 e. The molecule has 0 aliphatic carbocycles. The van der Waals surface area contributed by atoms with Gasteiger partial charge in [-0.15, -0.1) is 0 Å². The van der Waals surface area contributed by atoms with Crippen LogP contribution in [0, 0.1) is 0 Å². The molecule has 6 heavy (non-hydrogen) atoms. The van der Waals surface area contributed by atoms with Crippen LogP contribution in [-0.4, -0.2) is 27.1 Å². The van der Waals surface area contributed by atoms with Gasteiger partial charge in [-0.2, -0.15) is 0 Å². The molecule has 0 spiro atoms. The summed E-state index contributed by atoms with van der Waals surface area (Å²) in [4.78, 5) is 14.3. The van der Waals surface area contributed by atoms with Crippen molar-refractivity contribution in [1.29, 1.82) is 0 Å². The van der Waals surface area contributed by atoms with Crippen LogP contribution in [-0.2, 0) is 21.3 Å². The Kier molecular flexibility index (Phi) is 24.8. The van der Waals surface area contributed by atoms with Crippen LogP contribution in [0.4, 0.5) is 0 Å². The second kappa shape index (κ2) is 9.50. The normalized spacial score (nSPS) is 5.83. The van der Waals surface area contributed by atoms with E-state index in [0.717, 1.165) is 0 Å². The fraction of sp³-hybridized carbons (Fsp3) is 0. The van der Waals surface area contributed by atoms with Gasteiger partial charge in [0.25, 0.3) is 0 Å². The van der Waals surface area contributed by atoms with E-state index < -0.39 is 8.25 Å². The second-order valence-electron chi connectivity index (χ2n) is 0.283. The van der Waals surface area contributed by atoms with Crippen LogP contribution in [0.25, 0.3) is 0 Å². The van der Waals surface area contributed by atoms with Crippen LogP contribution in [0.1, 0.15) is 0 Å². The minimum absolute atomic E-state index is 0. The Morgan fingerprint density at radius 3 is 1.33 bits per heavy atom. The molecular formula is H4AlCoO3P. The predicted octanol–water partition coefficient (Wildman–Crippen LogP) is -1.29. The van der Waals surface area contributed by atoms with Gasteiger partial charge in [0, 0.05) is 16.8 Å². The largest absolute Gasteiger partial charge is 0.326 e. The average Bonchev–Trinajstić information content (AvgIpc) is 0.811. The first kappa shape index (κ1) is 15.7. The molecule has 0 saturated heterocycles. The number of hydrogen-bond acceptors (Lipinski definition) is 1. The van der Waals surface area contributed by atoms with Gasteiger partial charge in [-0.1, -0.05) is 0 Å². The van der Waals surface area contributed by atoms with Crippen molar-refractivity contribution in [3.63, 3.8) is 0 Å². The average molecular weight is 169 g/mol. The number of hydrogen-bond donors (Lipinski definition) is 2. The van der Waals surface area contributed by atoms with E-state index in [1.165, 1.54) is 0 Å². The summed E-state index contributed by atoms with van der Waals surface area (Å²) in [6, 6.07) is 0. The van der Waals surface area contributed by atoms with Crippen LogP contribution in [0.3, 0.4) is 0 Å². The van der Waals surface area contributed by atoms with Gasteiger partial charge in [0.1, 0.15) is 0 Å². The topological polar surface area (TPSA) is 57.5 Å². The molecular weight excluding hydrogens is 165 g/mol. The zero-order chi connectivity index (χ0) is 3.58. The quantitative estimate of drug-likeness (QED) is 0.350. The van der Waals surface area contributed by atoms with E-state index in [9.17, 15) is 0 Å². The van der Waals surface area contributed by atoms with Crippen LogP contribution >= 0.6 is 8.25 Å². The summed E-state index contributed by atoms with van der Waals surface area (Å²) in [5.41, 5.74) is 0. The van der Waals surface area contributed by atoms with E-state index in [1.54, 1.807) is 0 Å². The molecule has 2 N–H and O–H groups in total. The third-order valence-electron chi connectivity index (χ3n) is 0. The first-order valence-corrected chi connectivity index (χ1v) is 1.95. The van der Waals surface area contributed by atoms with Gasteiger partial charge in [-0.25, -0.2) is 0 Å². The van der Waals surface area contributed by atoms with E-state index in [0.29, 0.717) is 0 Å². The summed E-state index contributed by atoms with van der Waals surface area (Å²) in [5.74, 6) is 0. The molecule has 0 atom stereocenters. The molecule has 6 heteroatoms. The monoisotopic (exact) mass is 169 g/mol. The SMILES string of the molecule is O=[PH](O)O.[AlH].[Co]. The minimum atomic E-state index is -3.13. The van der Waals surface area contributed by atoms with Gasteiger partial charge in [0.15, 0.2) is 0 Å². The van der Waals surface area contributed by atoms with Crippen LogP contribution in [0.2, 0.25) is 0 Å². The van der Waals surface area contributed by atoms with Gasteiger partial charge in [-0.05, 0) is 0 Å². The summed E-state index contributed by atoms with van der Waals surface area (Å²) in [7, 11) is -3.13. The van der Waals surface area contributed by atoms with Crippen molar-refractivity contribution in [3.05, 3.63) is 0 Å². The van der Waals surface area contributed by atoms with Gasteiger partial charge < -0.3 is 9.79 Å². The maximum absolute atomic E-state index is 8.74. The van der Waals surface area contributed by atoms with E-state index in [1.807, 2.05) is 0 Å². The van der Waals surface area contributed by atoms with Crippen molar-refractivity contribution < 1.29 is 31.1 Å². The molecule has 0 fully saturated rings. The first-order chi connectivity index (χ1) is 1.73. The van der Waals surface area contributed by atoms with Crippen LogP contribution in [0.5, 0.6) is 0 Å².